The van der Waals surface area contributed by atoms with Gasteiger partial charge in [-0.15, -0.1) is 0 Å². The Bertz CT molecular complexity index is 603. The maximum Gasteiger partial charge on any atom is 0.174 e. The lowest BCUT2D eigenvalue weighted by atomic mass is 10.1. The van der Waals surface area contributed by atoms with Gasteiger partial charge in [0.2, 0.25) is 0 Å². The van der Waals surface area contributed by atoms with E-state index in [0.717, 1.165) is 11.3 Å². The van der Waals surface area contributed by atoms with Gasteiger partial charge >= 0.3 is 0 Å². The highest BCUT2D eigenvalue weighted by Gasteiger charge is 2.11. The number of nitrogens with one attached hydrogen (secondary N) is 1. The van der Waals surface area contributed by atoms with Gasteiger partial charge in [0, 0.05) is 18.2 Å². The van der Waals surface area contributed by atoms with Crippen molar-refractivity contribution in [2.75, 3.05) is 0 Å². The van der Waals surface area contributed by atoms with Crippen LogP contribution in [0.5, 0.6) is 5.75 Å². The molecule has 4 nitrogen and oxygen atoms in total. The predicted octanol–water partition coefficient (Wildman–Crippen LogP) is 4.10. The second-order valence-electron chi connectivity index (χ2n) is 6.11. The molecule has 0 spiro atoms. The summed E-state index contributed by atoms with van der Waals surface area (Å²) in [6, 6.07) is 7.56. The van der Waals surface area contributed by atoms with E-state index in [4.69, 9.17) is 20.9 Å². The average molecular weight is 309 g/mol. The van der Waals surface area contributed by atoms with E-state index < -0.39 is 0 Å². The van der Waals surface area contributed by atoms with E-state index in [2.05, 4.69) is 31.2 Å². The van der Waals surface area contributed by atoms with Crippen LogP contribution in [0, 0.1) is 6.92 Å². The van der Waals surface area contributed by atoms with Crippen LogP contribution in [0.2, 0.25) is 5.02 Å². The van der Waals surface area contributed by atoms with E-state index in [9.17, 15) is 0 Å². The molecule has 0 radical (unpaired) electrons. The Kier molecular flexibility index (Phi) is 4.91. The van der Waals surface area contributed by atoms with E-state index in [-0.39, 0.29) is 5.54 Å². The van der Waals surface area contributed by atoms with Crippen LogP contribution in [-0.4, -0.2) is 10.7 Å². The quantitative estimate of drug-likeness (QED) is 0.903. The number of aryl methyl sites for hydroxylation is 1. The molecule has 1 N–H and O–H groups in total. The molecule has 114 valence electrons. The largest absolute Gasteiger partial charge is 0.484 e. The monoisotopic (exact) mass is 308 g/mol. The first-order valence-electron chi connectivity index (χ1n) is 6.92. The molecule has 0 saturated carbocycles. The fourth-order valence-corrected chi connectivity index (χ4v) is 1.91. The maximum atomic E-state index is 6.09. The Morgan fingerprint density at radius 1 is 1.29 bits per heavy atom. The van der Waals surface area contributed by atoms with Crippen LogP contribution in [0.4, 0.5) is 0 Å². The van der Waals surface area contributed by atoms with E-state index in [0.29, 0.717) is 29.7 Å². The van der Waals surface area contributed by atoms with Gasteiger partial charge in [-0.25, -0.2) is 0 Å². The Labute approximate surface area is 130 Å². The number of ether oxygens (including phenoxy) is 1. The molecular weight excluding hydrogens is 288 g/mol. The first-order chi connectivity index (χ1) is 9.83. The standard InChI is InChI=1S/C16H21ClN2O2/c1-11-5-6-14(17)15(7-11)20-10-13-8-12(19-21-13)9-18-16(2,3)4/h5-8,18H,9-10H2,1-4H3. The minimum absolute atomic E-state index is 0.0463. The highest BCUT2D eigenvalue weighted by Crippen LogP contribution is 2.26. The van der Waals surface area contributed by atoms with Crippen molar-refractivity contribution in [1.29, 1.82) is 0 Å². The normalized spacial score (nSPS) is 11.7. The van der Waals surface area contributed by atoms with Gasteiger partial charge in [-0.1, -0.05) is 22.8 Å². The van der Waals surface area contributed by atoms with Gasteiger partial charge in [0.15, 0.2) is 5.76 Å². The molecule has 0 amide bonds. The minimum Gasteiger partial charge on any atom is -0.484 e. The molecule has 0 unspecified atom stereocenters. The third-order valence-corrected chi connectivity index (χ3v) is 3.18. The second-order valence-corrected chi connectivity index (χ2v) is 6.52. The predicted molar refractivity (Wildman–Crippen MR) is 83.6 cm³/mol. The zero-order valence-corrected chi connectivity index (χ0v) is 13.6. The Balaban J connectivity index is 1.92. The van der Waals surface area contributed by atoms with Crippen LogP contribution >= 0.6 is 11.6 Å². The lowest BCUT2D eigenvalue weighted by molar-refractivity contribution is 0.248. The Hall–Kier alpha value is -1.52. The van der Waals surface area contributed by atoms with Crippen LogP contribution in [0.15, 0.2) is 28.8 Å². The molecule has 21 heavy (non-hydrogen) atoms. The Morgan fingerprint density at radius 3 is 2.76 bits per heavy atom. The highest BCUT2D eigenvalue weighted by atomic mass is 35.5. The molecule has 1 aromatic carbocycles. The lowest BCUT2D eigenvalue weighted by Crippen LogP contribution is -2.35. The number of benzene rings is 1. The van der Waals surface area contributed by atoms with Gasteiger partial charge in [-0.05, 0) is 45.4 Å². The van der Waals surface area contributed by atoms with E-state index >= 15 is 0 Å². The van der Waals surface area contributed by atoms with Crippen molar-refractivity contribution in [2.24, 2.45) is 0 Å². The van der Waals surface area contributed by atoms with Crippen molar-refractivity contribution in [2.45, 2.75) is 46.4 Å². The van der Waals surface area contributed by atoms with Gasteiger partial charge in [0.25, 0.3) is 0 Å². The van der Waals surface area contributed by atoms with Crippen LogP contribution in [0.1, 0.15) is 37.8 Å². The molecule has 0 aliphatic heterocycles. The summed E-state index contributed by atoms with van der Waals surface area (Å²) in [5.74, 6) is 1.33. The molecule has 5 heteroatoms. The summed E-state index contributed by atoms with van der Waals surface area (Å²) < 4.78 is 10.9. The number of hydrogen-bond donors (Lipinski definition) is 1. The molecule has 0 fully saturated rings. The molecule has 2 aromatic rings. The summed E-state index contributed by atoms with van der Waals surface area (Å²) >= 11 is 6.09. The van der Waals surface area contributed by atoms with Crippen molar-refractivity contribution in [3.8, 4) is 5.75 Å². The zero-order chi connectivity index (χ0) is 15.5. The number of aromatic nitrogens is 1. The van der Waals surface area contributed by atoms with Gasteiger partial charge in [-0.2, -0.15) is 0 Å². The molecule has 0 aliphatic rings. The van der Waals surface area contributed by atoms with Crippen LogP contribution in [0.3, 0.4) is 0 Å². The zero-order valence-electron chi connectivity index (χ0n) is 12.9. The Morgan fingerprint density at radius 2 is 2.05 bits per heavy atom. The molecule has 1 heterocycles. The molecule has 0 bridgehead atoms. The second kappa shape index (κ2) is 6.50. The SMILES string of the molecule is Cc1ccc(Cl)c(OCc2cc(CNC(C)(C)C)no2)c1. The summed E-state index contributed by atoms with van der Waals surface area (Å²) in [5, 5.41) is 7.97. The van der Waals surface area contributed by atoms with Gasteiger partial charge < -0.3 is 14.6 Å². The summed E-state index contributed by atoms with van der Waals surface area (Å²) in [6.07, 6.45) is 0. The first-order valence-corrected chi connectivity index (χ1v) is 7.30. The molecule has 1 aromatic heterocycles. The van der Waals surface area contributed by atoms with Gasteiger partial charge in [-0.3, -0.25) is 0 Å². The lowest BCUT2D eigenvalue weighted by Gasteiger charge is -2.19. The summed E-state index contributed by atoms with van der Waals surface area (Å²) in [5.41, 5.74) is 2.01. The number of hydrogen-bond acceptors (Lipinski definition) is 4. The third-order valence-electron chi connectivity index (χ3n) is 2.86. The summed E-state index contributed by atoms with van der Waals surface area (Å²) in [6.45, 7) is 9.29. The smallest absolute Gasteiger partial charge is 0.174 e. The number of nitrogens with zero attached hydrogens (tertiary/aromatic N) is 1. The highest BCUT2D eigenvalue weighted by molar-refractivity contribution is 6.32. The molecular formula is C16H21ClN2O2. The topological polar surface area (TPSA) is 47.3 Å². The third kappa shape index (κ3) is 5.06. The summed E-state index contributed by atoms with van der Waals surface area (Å²) in [7, 11) is 0. The van der Waals surface area contributed by atoms with Crippen LogP contribution in [-0.2, 0) is 13.2 Å². The fourth-order valence-electron chi connectivity index (χ4n) is 1.73. The van der Waals surface area contributed by atoms with Crippen molar-refractivity contribution in [3.05, 3.63) is 46.3 Å². The first kappa shape index (κ1) is 15.9. The van der Waals surface area contributed by atoms with E-state index in [1.807, 2.05) is 31.2 Å². The maximum absolute atomic E-state index is 6.09. The van der Waals surface area contributed by atoms with Crippen molar-refractivity contribution in [3.63, 3.8) is 0 Å². The minimum atomic E-state index is 0.0463. The van der Waals surface area contributed by atoms with Crippen molar-refractivity contribution >= 4 is 11.6 Å². The number of halogens is 1. The van der Waals surface area contributed by atoms with Gasteiger partial charge in [0.1, 0.15) is 12.4 Å². The van der Waals surface area contributed by atoms with Crippen molar-refractivity contribution < 1.29 is 9.26 Å². The molecule has 0 atom stereocenters. The molecule has 2 rings (SSSR count). The summed E-state index contributed by atoms with van der Waals surface area (Å²) in [4.78, 5) is 0. The van der Waals surface area contributed by atoms with Crippen molar-refractivity contribution in [1.82, 2.24) is 10.5 Å². The van der Waals surface area contributed by atoms with Gasteiger partial charge in [0.05, 0.1) is 10.7 Å². The number of rotatable bonds is 5. The molecule has 0 saturated heterocycles. The van der Waals surface area contributed by atoms with E-state index in [1.165, 1.54) is 0 Å². The average Bonchev–Trinajstić information content (AvgIpc) is 2.85. The molecule has 0 aliphatic carbocycles. The van der Waals surface area contributed by atoms with E-state index in [1.54, 1.807) is 0 Å². The van der Waals surface area contributed by atoms with Crippen LogP contribution < -0.4 is 10.1 Å². The van der Waals surface area contributed by atoms with Crippen LogP contribution in [0.25, 0.3) is 0 Å². The fraction of sp³-hybridized carbons (Fsp3) is 0.438.